The van der Waals surface area contributed by atoms with Gasteiger partial charge in [0, 0.05) is 23.7 Å². The number of aromatic nitrogens is 2. The van der Waals surface area contributed by atoms with Crippen LogP contribution >= 0.6 is 11.6 Å². The second-order valence-electron chi connectivity index (χ2n) is 3.87. The summed E-state index contributed by atoms with van der Waals surface area (Å²) >= 11 is 5.68. The molecule has 20 heavy (non-hydrogen) atoms. The highest BCUT2D eigenvalue weighted by molar-refractivity contribution is 6.30. The third-order valence-corrected chi connectivity index (χ3v) is 2.61. The van der Waals surface area contributed by atoms with Crippen molar-refractivity contribution in [1.29, 1.82) is 0 Å². The molecular formula is C12H8ClF4N3. The molecule has 0 unspecified atom stereocenters. The molecule has 2 rings (SSSR count). The number of hydrogen-bond donors (Lipinski definition) is 1. The van der Waals surface area contributed by atoms with Gasteiger partial charge in [0.05, 0.1) is 5.69 Å². The number of hydrogen-bond acceptors (Lipinski definition) is 3. The first-order valence-corrected chi connectivity index (χ1v) is 5.78. The Morgan fingerprint density at radius 3 is 2.35 bits per heavy atom. The van der Waals surface area contributed by atoms with Gasteiger partial charge in [0.1, 0.15) is 11.6 Å². The summed E-state index contributed by atoms with van der Waals surface area (Å²) < 4.78 is 51.4. The lowest BCUT2D eigenvalue weighted by atomic mass is 10.1. The minimum Gasteiger partial charge on any atom is -0.373 e. The third kappa shape index (κ3) is 3.16. The molecule has 0 aliphatic carbocycles. The van der Waals surface area contributed by atoms with Crippen LogP contribution in [0.1, 0.15) is 5.82 Å². The van der Waals surface area contributed by atoms with Crippen LogP contribution in [0.3, 0.4) is 0 Å². The summed E-state index contributed by atoms with van der Waals surface area (Å²) in [5.74, 6) is -1.99. The Bertz CT molecular complexity index is 623. The molecule has 0 amide bonds. The fraction of sp³-hybridized carbons (Fsp3) is 0.167. The van der Waals surface area contributed by atoms with E-state index in [2.05, 4.69) is 15.3 Å². The number of anilines is 1. The summed E-state index contributed by atoms with van der Waals surface area (Å²) in [4.78, 5) is 6.72. The molecule has 0 saturated carbocycles. The van der Waals surface area contributed by atoms with Gasteiger partial charge in [0.25, 0.3) is 0 Å². The van der Waals surface area contributed by atoms with Crippen LogP contribution in [-0.2, 0) is 6.18 Å². The standard InChI is InChI=1S/C12H8ClF4N3/c1-18-10-5-9(19-11(20-10)12(15,16)17)6-2-7(13)4-8(14)3-6/h2-5H,1H3,(H,18,19,20). The van der Waals surface area contributed by atoms with Gasteiger partial charge in [-0.1, -0.05) is 11.6 Å². The van der Waals surface area contributed by atoms with Gasteiger partial charge in [-0.25, -0.2) is 14.4 Å². The predicted octanol–water partition coefficient (Wildman–Crippen LogP) is 4.00. The van der Waals surface area contributed by atoms with Gasteiger partial charge in [-0.3, -0.25) is 0 Å². The molecule has 3 nitrogen and oxygen atoms in total. The fourth-order valence-corrected chi connectivity index (χ4v) is 1.77. The van der Waals surface area contributed by atoms with Crippen molar-refractivity contribution in [2.24, 2.45) is 0 Å². The van der Waals surface area contributed by atoms with Crippen molar-refractivity contribution >= 4 is 17.4 Å². The average Bonchev–Trinajstić information content (AvgIpc) is 2.36. The Morgan fingerprint density at radius 1 is 1.10 bits per heavy atom. The van der Waals surface area contributed by atoms with E-state index in [1.54, 1.807) is 0 Å². The van der Waals surface area contributed by atoms with Crippen molar-refractivity contribution in [3.63, 3.8) is 0 Å². The van der Waals surface area contributed by atoms with Gasteiger partial charge >= 0.3 is 6.18 Å². The molecule has 0 saturated heterocycles. The Balaban J connectivity index is 2.61. The summed E-state index contributed by atoms with van der Waals surface area (Å²) in [6.45, 7) is 0. The Hall–Kier alpha value is -1.89. The SMILES string of the molecule is CNc1cc(-c2cc(F)cc(Cl)c2)nc(C(F)(F)F)n1. The molecule has 0 atom stereocenters. The zero-order chi connectivity index (χ0) is 14.9. The highest BCUT2D eigenvalue weighted by Gasteiger charge is 2.35. The molecule has 106 valence electrons. The van der Waals surface area contributed by atoms with Crippen LogP contribution in [-0.4, -0.2) is 17.0 Å². The molecule has 1 aromatic heterocycles. The van der Waals surface area contributed by atoms with E-state index in [0.29, 0.717) is 0 Å². The van der Waals surface area contributed by atoms with Crippen LogP contribution in [0, 0.1) is 5.82 Å². The van der Waals surface area contributed by atoms with Gasteiger partial charge in [-0.05, 0) is 18.2 Å². The van der Waals surface area contributed by atoms with E-state index < -0.39 is 17.8 Å². The van der Waals surface area contributed by atoms with Gasteiger partial charge < -0.3 is 5.32 Å². The molecule has 0 aliphatic rings. The molecule has 0 fully saturated rings. The monoisotopic (exact) mass is 305 g/mol. The lowest BCUT2D eigenvalue weighted by Crippen LogP contribution is -2.13. The molecule has 0 aliphatic heterocycles. The predicted molar refractivity (Wildman–Crippen MR) is 67.0 cm³/mol. The molecule has 1 heterocycles. The maximum absolute atomic E-state index is 13.3. The van der Waals surface area contributed by atoms with Crippen LogP contribution in [0.15, 0.2) is 24.3 Å². The maximum atomic E-state index is 13.3. The maximum Gasteiger partial charge on any atom is 0.451 e. The summed E-state index contributed by atoms with van der Waals surface area (Å²) in [7, 11) is 1.42. The van der Waals surface area contributed by atoms with Gasteiger partial charge in [-0.2, -0.15) is 13.2 Å². The Kier molecular flexibility index (Phi) is 3.80. The molecule has 2 aromatic rings. The Morgan fingerprint density at radius 2 is 1.80 bits per heavy atom. The molecule has 0 radical (unpaired) electrons. The molecule has 1 aromatic carbocycles. The molecule has 1 N–H and O–H groups in total. The number of halogens is 5. The van der Waals surface area contributed by atoms with Crippen molar-refractivity contribution < 1.29 is 17.6 Å². The highest BCUT2D eigenvalue weighted by Crippen LogP contribution is 2.30. The van der Waals surface area contributed by atoms with E-state index in [1.165, 1.54) is 19.2 Å². The summed E-state index contributed by atoms with van der Waals surface area (Å²) in [5.41, 5.74) is 0.0671. The zero-order valence-electron chi connectivity index (χ0n) is 10.1. The van der Waals surface area contributed by atoms with Crippen molar-refractivity contribution in [2.75, 3.05) is 12.4 Å². The smallest absolute Gasteiger partial charge is 0.373 e. The van der Waals surface area contributed by atoms with Crippen LogP contribution in [0.25, 0.3) is 11.3 Å². The van der Waals surface area contributed by atoms with Crippen LogP contribution in [0.4, 0.5) is 23.4 Å². The number of alkyl halides is 3. The quantitative estimate of drug-likeness (QED) is 0.852. The minimum absolute atomic E-state index is 0.0253. The van der Waals surface area contributed by atoms with Crippen molar-refractivity contribution in [2.45, 2.75) is 6.18 Å². The first kappa shape index (κ1) is 14.5. The fourth-order valence-electron chi connectivity index (χ4n) is 1.55. The minimum atomic E-state index is -4.70. The van der Waals surface area contributed by atoms with Crippen LogP contribution in [0.2, 0.25) is 5.02 Å². The van der Waals surface area contributed by atoms with Crippen molar-refractivity contribution in [3.8, 4) is 11.3 Å². The molecular weight excluding hydrogens is 298 g/mol. The van der Waals surface area contributed by atoms with Gasteiger partial charge in [0.15, 0.2) is 0 Å². The first-order valence-electron chi connectivity index (χ1n) is 5.40. The lowest BCUT2D eigenvalue weighted by Gasteiger charge is -2.10. The van der Waals surface area contributed by atoms with Gasteiger partial charge in [0.2, 0.25) is 5.82 Å². The van der Waals surface area contributed by atoms with E-state index in [4.69, 9.17) is 11.6 Å². The third-order valence-electron chi connectivity index (χ3n) is 2.39. The highest BCUT2D eigenvalue weighted by atomic mass is 35.5. The van der Waals surface area contributed by atoms with E-state index in [1.807, 2.05) is 0 Å². The van der Waals surface area contributed by atoms with Crippen molar-refractivity contribution in [3.05, 3.63) is 40.9 Å². The topological polar surface area (TPSA) is 37.8 Å². The number of rotatable bonds is 2. The summed E-state index contributed by atoms with van der Waals surface area (Å²) in [6.07, 6.45) is -4.70. The normalized spacial score (nSPS) is 11.5. The number of nitrogens with zero attached hydrogens (tertiary/aromatic N) is 2. The summed E-state index contributed by atoms with van der Waals surface area (Å²) in [5, 5.41) is 2.57. The van der Waals surface area contributed by atoms with E-state index in [0.717, 1.165) is 12.1 Å². The van der Waals surface area contributed by atoms with E-state index in [9.17, 15) is 17.6 Å². The van der Waals surface area contributed by atoms with E-state index in [-0.39, 0.29) is 22.1 Å². The van der Waals surface area contributed by atoms with Crippen LogP contribution in [0.5, 0.6) is 0 Å². The lowest BCUT2D eigenvalue weighted by molar-refractivity contribution is -0.144. The van der Waals surface area contributed by atoms with E-state index >= 15 is 0 Å². The summed E-state index contributed by atoms with van der Waals surface area (Å²) in [6, 6.07) is 4.70. The molecule has 0 bridgehead atoms. The average molecular weight is 306 g/mol. The van der Waals surface area contributed by atoms with Crippen LogP contribution < -0.4 is 5.32 Å². The van der Waals surface area contributed by atoms with Crippen molar-refractivity contribution in [1.82, 2.24) is 9.97 Å². The largest absolute Gasteiger partial charge is 0.451 e. The first-order chi connectivity index (χ1) is 9.29. The Labute approximate surface area is 116 Å². The van der Waals surface area contributed by atoms with Gasteiger partial charge in [-0.15, -0.1) is 0 Å². The molecule has 8 heteroatoms. The number of nitrogens with one attached hydrogen (secondary N) is 1. The second-order valence-corrected chi connectivity index (χ2v) is 4.30. The second kappa shape index (κ2) is 5.24. The molecule has 0 spiro atoms. The zero-order valence-corrected chi connectivity index (χ0v) is 10.8. The number of benzene rings is 1.